The Balaban J connectivity index is 1.73. The van der Waals surface area contributed by atoms with E-state index in [1.807, 2.05) is 25.1 Å². The van der Waals surface area contributed by atoms with E-state index in [0.29, 0.717) is 5.76 Å². The van der Waals surface area contributed by atoms with Crippen LogP contribution in [0.3, 0.4) is 0 Å². The van der Waals surface area contributed by atoms with Crippen molar-refractivity contribution in [2.45, 2.75) is 20.3 Å². The van der Waals surface area contributed by atoms with Crippen LogP contribution in [0.1, 0.15) is 28.8 Å². The fourth-order valence-corrected chi connectivity index (χ4v) is 3.11. The lowest BCUT2D eigenvalue weighted by Crippen LogP contribution is -2.10. The normalized spacial score (nSPS) is 11.2. The number of aromatic nitrogens is 1. The van der Waals surface area contributed by atoms with E-state index >= 15 is 0 Å². The highest BCUT2D eigenvalue weighted by Crippen LogP contribution is 2.29. The van der Waals surface area contributed by atoms with Crippen LogP contribution in [-0.2, 0) is 6.42 Å². The van der Waals surface area contributed by atoms with Crippen molar-refractivity contribution in [3.8, 4) is 0 Å². The molecule has 2 heterocycles. The molecule has 24 heavy (non-hydrogen) atoms. The minimum Gasteiger partial charge on any atom is -0.456 e. The number of H-pyrrole nitrogens is 1. The van der Waals surface area contributed by atoms with E-state index in [-0.39, 0.29) is 5.91 Å². The van der Waals surface area contributed by atoms with Crippen molar-refractivity contribution in [3.63, 3.8) is 0 Å². The summed E-state index contributed by atoms with van der Waals surface area (Å²) >= 11 is 0. The molecule has 2 N–H and O–H groups in total. The highest BCUT2D eigenvalue weighted by molar-refractivity contribution is 6.10. The zero-order valence-electron chi connectivity index (χ0n) is 13.6. The lowest BCUT2D eigenvalue weighted by molar-refractivity contribution is 0.0995. The SMILES string of the molecule is CCc1cccc2c1[nH]c1cc(NC(=O)c3ccc(C)o3)ccc12. The molecule has 120 valence electrons. The average Bonchev–Trinajstić information content (AvgIpc) is 3.17. The van der Waals surface area contributed by atoms with Crippen molar-refractivity contribution < 1.29 is 9.21 Å². The Morgan fingerprint density at radius 3 is 2.75 bits per heavy atom. The number of rotatable bonds is 3. The van der Waals surface area contributed by atoms with Gasteiger partial charge in [-0.3, -0.25) is 4.79 Å². The van der Waals surface area contributed by atoms with Gasteiger partial charge in [-0.25, -0.2) is 0 Å². The Morgan fingerprint density at radius 1 is 1.12 bits per heavy atom. The number of benzene rings is 2. The molecular formula is C20H18N2O2. The van der Waals surface area contributed by atoms with Crippen LogP contribution in [-0.4, -0.2) is 10.9 Å². The van der Waals surface area contributed by atoms with Crippen LogP contribution in [0.2, 0.25) is 0 Å². The van der Waals surface area contributed by atoms with E-state index in [4.69, 9.17) is 4.42 Å². The highest BCUT2D eigenvalue weighted by Gasteiger charge is 2.12. The first kappa shape index (κ1) is 14.6. The van der Waals surface area contributed by atoms with Crippen LogP contribution >= 0.6 is 0 Å². The first-order chi connectivity index (χ1) is 11.7. The maximum Gasteiger partial charge on any atom is 0.291 e. The van der Waals surface area contributed by atoms with Gasteiger partial charge < -0.3 is 14.7 Å². The molecule has 1 amide bonds. The van der Waals surface area contributed by atoms with E-state index in [1.165, 1.54) is 16.5 Å². The molecule has 4 rings (SSSR count). The number of carbonyl (C=O) groups excluding carboxylic acids is 1. The Kier molecular flexibility index (Phi) is 3.38. The summed E-state index contributed by atoms with van der Waals surface area (Å²) in [6.45, 7) is 3.97. The molecule has 2 aromatic heterocycles. The molecule has 4 heteroatoms. The number of amides is 1. The molecule has 0 aliphatic rings. The molecule has 0 atom stereocenters. The number of hydrogen-bond acceptors (Lipinski definition) is 2. The van der Waals surface area contributed by atoms with Gasteiger partial charge in [0.25, 0.3) is 5.91 Å². The van der Waals surface area contributed by atoms with Gasteiger partial charge in [-0.1, -0.05) is 31.2 Å². The smallest absolute Gasteiger partial charge is 0.291 e. The van der Waals surface area contributed by atoms with Crippen molar-refractivity contribution in [2.24, 2.45) is 0 Å². The van der Waals surface area contributed by atoms with Gasteiger partial charge in [0, 0.05) is 27.5 Å². The number of fused-ring (bicyclic) bond motifs is 3. The summed E-state index contributed by atoms with van der Waals surface area (Å²) < 4.78 is 5.36. The van der Waals surface area contributed by atoms with Gasteiger partial charge in [-0.05, 0) is 43.2 Å². The van der Waals surface area contributed by atoms with Crippen molar-refractivity contribution >= 4 is 33.4 Å². The fourth-order valence-electron chi connectivity index (χ4n) is 3.11. The first-order valence-electron chi connectivity index (χ1n) is 8.07. The second-order valence-electron chi connectivity index (χ2n) is 5.94. The molecule has 0 aliphatic heterocycles. The van der Waals surface area contributed by atoms with Gasteiger partial charge in [0.1, 0.15) is 5.76 Å². The molecule has 0 bridgehead atoms. The second kappa shape index (κ2) is 5.57. The van der Waals surface area contributed by atoms with Gasteiger partial charge >= 0.3 is 0 Å². The minimum absolute atomic E-state index is 0.243. The summed E-state index contributed by atoms with van der Waals surface area (Å²) in [5.41, 5.74) is 4.21. The number of carbonyl (C=O) groups is 1. The Bertz CT molecular complexity index is 1060. The monoisotopic (exact) mass is 318 g/mol. The average molecular weight is 318 g/mol. The molecule has 0 spiro atoms. The Morgan fingerprint density at radius 2 is 2.00 bits per heavy atom. The molecule has 0 saturated carbocycles. The molecular weight excluding hydrogens is 300 g/mol. The lowest BCUT2D eigenvalue weighted by atomic mass is 10.1. The van der Waals surface area contributed by atoms with Gasteiger partial charge in [0.2, 0.25) is 0 Å². The van der Waals surface area contributed by atoms with E-state index in [1.54, 1.807) is 12.1 Å². The number of aryl methyl sites for hydroxylation is 2. The van der Waals surface area contributed by atoms with Gasteiger partial charge in [0.05, 0.1) is 0 Å². The highest BCUT2D eigenvalue weighted by atomic mass is 16.3. The van der Waals surface area contributed by atoms with Crippen LogP contribution < -0.4 is 5.32 Å². The van der Waals surface area contributed by atoms with Gasteiger partial charge in [-0.2, -0.15) is 0 Å². The summed E-state index contributed by atoms with van der Waals surface area (Å²) in [4.78, 5) is 15.7. The number of anilines is 1. The molecule has 0 unspecified atom stereocenters. The lowest BCUT2D eigenvalue weighted by Gasteiger charge is -2.03. The minimum atomic E-state index is -0.243. The summed E-state index contributed by atoms with van der Waals surface area (Å²) in [6, 6.07) is 15.7. The summed E-state index contributed by atoms with van der Waals surface area (Å²) in [7, 11) is 0. The van der Waals surface area contributed by atoms with Crippen LogP contribution in [0.15, 0.2) is 52.9 Å². The predicted molar refractivity (Wildman–Crippen MR) is 96.6 cm³/mol. The van der Waals surface area contributed by atoms with Crippen LogP contribution in [0.25, 0.3) is 21.8 Å². The topological polar surface area (TPSA) is 58.0 Å². The van der Waals surface area contributed by atoms with E-state index in [2.05, 4.69) is 35.4 Å². The molecule has 0 fully saturated rings. The number of nitrogens with one attached hydrogen (secondary N) is 2. The molecule has 4 aromatic rings. The van der Waals surface area contributed by atoms with Crippen LogP contribution in [0, 0.1) is 6.92 Å². The zero-order chi connectivity index (χ0) is 16.7. The number of furan rings is 1. The quantitative estimate of drug-likeness (QED) is 0.556. The van der Waals surface area contributed by atoms with E-state index in [9.17, 15) is 4.79 Å². The third-order valence-electron chi connectivity index (χ3n) is 4.32. The standard InChI is InChI=1S/C20H18N2O2/c1-3-13-5-4-6-16-15-9-8-14(11-17(15)22-19(13)16)21-20(23)18-10-7-12(2)24-18/h4-11,22H,3H2,1-2H3,(H,21,23). The molecule has 4 nitrogen and oxygen atoms in total. The molecule has 2 aromatic carbocycles. The van der Waals surface area contributed by atoms with Gasteiger partial charge in [-0.15, -0.1) is 0 Å². The zero-order valence-corrected chi connectivity index (χ0v) is 13.6. The number of hydrogen-bond donors (Lipinski definition) is 2. The number of para-hydroxylation sites is 1. The molecule has 0 aliphatic carbocycles. The Hall–Kier alpha value is -3.01. The second-order valence-corrected chi connectivity index (χ2v) is 5.94. The fraction of sp³-hybridized carbons (Fsp3) is 0.150. The summed E-state index contributed by atoms with van der Waals surface area (Å²) in [5, 5.41) is 5.26. The van der Waals surface area contributed by atoms with Crippen LogP contribution in [0.4, 0.5) is 5.69 Å². The van der Waals surface area contributed by atoms with E-state index in [0.717, 1.165) is 28.8 Å². The van der Waals surface area contributed by atoms with Gasteiger partial charge in [0.15, 0.2) is 5.76 Å². The maximum atomic E-state index is 12.2. The van der Waals surface area contributed by atoms with Crippen molar-refractivity contribution in [1.82, 2.24) is 4.98 Å². The van der Waals surface area contributed by atoms with Crippen LogP contribution in [0.5, 0.6) is 0 Å². The Labute approximate surface area is 139 Å². The number of aromatic amines is 1. The first-order valence-corrected chi connectivity index (χ1v) is 8.07. The van der Waals surface area contributed by atoms with Crippen molar-refractivity contribution in [3.05, 3.63) is 65.6 Å². The van der Waals surface area contributed by atoms with Crippen molar-refractivity contribution in [1.29, 1.82) is 0 Å². The largest absolute Gasteiger partial charge is 0.456 e. The molecule has 0 radical (unpaired) electrons. The molecule has 0 saturated heterocycles. The third kappa shape index (κ3) is 2.36. The van der Waals surface area contributed by atoms with E-state index < -0.39 is 0 Å². The third-order valence-corrected chi connectivity index (χ3v) is 4.32. The predicted octanol–water partition coefficient (Wildman–Crippen LogP) is 5.04. The summed E-state index contributed by atoms with van der Waals surface area (Å²) in [6.07, 6.45) is 0.978. The van der Waals surface area contributed by atoms with Crippen molar-refractivity contribution in [2.75, 3.05) is 5.32 Å². The maximum absolute atomic E-state index is 12.2. The summed E-state index contributed by atoms with van der Waals surface area (Å²) in [5.74, 6) is 0.795.